The zero-order valence-electron chi connectivity index (χ0n) is 37.9. The Hall–Kier alpha value is -4.68. The quantitative estimate of drug-likeness (QED) is 0.0480. The summed E-state index contributed by atoms with van der Waals surface area (Å²) in [7, 11) is 5.56. The number of methoxy groups -OCH3 is 4. The van der Waals surface area contributed by atoms with Gasteiger partial charge in [0.05, 0.1) is 33.8 Å². The second-order valence-electron chi connectivity index (χ2n) is 14.8. The first kappa shape index (κ1) is 57.2. The fourth-order valence-electron chi connectivity index (χ4n) is 6.97. The van der Waals surface area contributed by atoms with Gasteiger partial charge in [0.2, 0.25) is 5.88 Å². The number of benzene rings is 4. The molecule has 1 aliphatic rings. The molecule has 0 bridgehead atoms. The monoisotopic (exact) mass is 1150 g/mol. The van der Waals surface area contributed by atoms with E-state index >= 15 is 0 Å². The number of pyridine rings is 4. The van der Waals surface area contributed by atoms with Crippen molar-refractivity contribution in [1.82, 2.24) is 19.8 Å². The largest absolute Gasteiger partial charge is 0.618 e. The summed E-state index contributed by atoms with van der Waals surface area (Å²) in [5, 5.41) is 35.8. The third-order valence-electron chi connectivity index (χ3n) is 10.3. The number of carbonyl (C=O) groups is 1. The van der Waals surface area contributed by atoms with Crippen molar-refractivity contribution < 1.29 is 47.9 Å². The van der Waals surface area contributed by atoms with Crippen LogP contribution < -0.4 is 28.4 Å². The molecule has 4 aromatic carbocycles. The number of hydrogen-bond donors (Lipinski definition) is 2. The van der Waals surface area contributed by atoms with Crippen LogP contribution in [0.2, 0.25) is 32.6 Å². The standard InChI is InChI=1S/C16H18BClN2O5.C10H7Cl2NO.C10H8ClNO2.C10H8ClNO.Cl3OP/c1-17(23)20-8-11(7-13(20)16(21)22)25-15-12-4-3-10(24-2)5-9(12)6-14(18)19-15;1-14-7-2-3-8-6(4-7)5-9(11)13-10(8)12;1-14-8-2-3-9-7(6-8)4-5-12(13)10(9)11;1-13-8-2-3-9-7(6-8)4-5-12-10(9)11;1-5(2,3)4/h3-6,11,13,23H,7-8H2,1-2H3,(H,21,22);2-5H,1H3;2-6H,1H3;2-6H,1H3;/t11-,13+;;;;/m1..../s1. The number of carboxylic acids is 1. The van der Waals surface area contributed by atoms with Crippen LogP contribution in [0, 0.1) is 5.21 Å². The van der Waals surface area contributed by atoms with Crippen molar-refractivity contribution in [2.24, 2.45) is 0 Å². The molecule has 0 saturated carbocycles. The van der Waals surface area contributed by atoms with Crippen molar-refractivity contribution in [1.29, 1.82) is 0 Å². The van der Waals surface area contributed by atoms with Crippen LogP contribution in [0.5, 0.6) is 28.9 Å². The maximum absolute atomic E-state index is 11.4. The lowest BCUT2D eigenvalue weighted by Gasteiger charge is -2.21. The van der Waals surface area contributed by atoms with Gasteiger partial charge in [0.1, 0.15) is 55.8 Å². The number of ether oxygens (including phenoxy) is 5. The van der Waals surface area contributed by atoms with Gasteiger partial charge in [-0.1, -0.05) is 46.4 Å². The molecule has 8 aromatic rings. The number of halogens is 8. The van der Waals surface area contributed by atoms with E-state index in [1.807, 2.05) is 60.7 Å². The molecule has 5 heterocycles. The van der Waals surface area contributed by atoms with Gasteiger partial charge >= 0.3 is 18.2 Å². The Kier molecular flexibility index (Phi) is 21.2. The predicted molar refractivity (Wildman–Crippen MR) is 286 cm³/mol. The molecule has 1 fully saturated rings. The lowest BCUT2D eigenvalue weighted by Crippen LogP contribution is -2.45. The van der Waals surface area contributed by atoms with E-state index in [4.69, 9.17) is 81.7 Å². The number of rotatable bonds is 8. The Morgan fingerprint density at radius 1 is 0.690 bits per heavy atom. The van der Waals surface area contributed by atoms with Crippen molar-refractivity contribution >= 4 is 153 Å². The predicted octanol–water partition coefficient (Wildman–Crippen LogP) is 13.3. The molecular weight excluding hydrogens is 1110 g/mol. The third kappa shape index (κ3) is 16.4. The minimum atomic E-state index is -3.22. The molecule has 0 aliphatic carbocycles. The number of nitrogens with zero attached hydrogens (tertiary/aromatic N) is 5. The summed E-state index contributed by atoms with van der Waals surface area (Å²) in [6.07, 6.45) is 2.91. The Morgan fingerprint density at radius 2 is 1.14 bits per heavy atom. The van der Waals surface area contributed by atoms with Crippen molar-refractivity contribution in [3.63, 3.8) is 0 Å². The average molecular weight is 1150 g/mol. The highest BCUT2D eigenvalue weighted by Gasteiger charge is 2.41. The van der Waals surface area contributed by atoms with E-state index in [1.165, 1.54) is 17.8 Å². The van der Waals surface area contributed by atoms with Gasteiger partial charge in [-0.15, -0.1) is 0 Å². The van der Waals surface area contributed by atoms with Crippen LogP contribution in [0.25, 0.3) is 43.1 Å². The van der Waals surface area contributed by atoms with Crippen LogP contribution in [-0.2, 0) is 9.36 Å². The normalized spacial score (nSPS) is 14.1. The van der Waals surface area contributed by atoms with Crippen LogP contribution in [0.4, 0.5) is 0 Å². The molecule has 374 valence electrons. The van der Waals surface area contributed by atoms with E-state index in [2.05, 4.69) is 48.7 Å². The van der Waals surface area contributed by atoms with Crippen molar-refractivity contribution in [3.05, 3.63) is 140 Å². The van der Waals surface area contributed by atoms with Crippen molar-refractivity contribution in [3.8, 4) is 28.9 Å². The van der Waals surface area contributed by atoms with Crippen LogP contribution >= 0.6 is 96.9 Å². The zero-order chi connectivity index (χ0) is 52.2. The SMILES string of the molecule is COc1ccc2c(Cl)[n+]([O-])ccc2c1.COc1ccc2c(Cl)nc(Cl)cc2c1.COc1ccc2c(Cl)nccc2c1.COc1ccc2c(O[C@@H]3C[C@@H](C(=O)O)N(B(C)O)C3)nc(Cl)cc2c1.O=P(Cl)(Cl)Cl. The molecule has 15 nitrogen and oxygen atoms in total. The topological polar surface area (TPSA) is 190 Å². The molecule has 0 amide bonds. The van der Waals surface area contributed by atoms with E-state index in [-0.39, 0.29) is 16.7 Å². The van der Waals surface area contributed by atoms with Gasteiger partial charge in [-0.3, -0.25) is 9.36 Å². The summed E-state index contributed by atoms with van der Waals surface area (Å²) in [5.41, 5.74) is 0. The smallest absolute Gasteiger partial charge is 0.377 e. The minimum absolute atomic E-state index is 0.185. The number of hydrogen-bond acceptors (Lipinski definition) is 13. The summed E-state index contributed by atoms with van der Waals surface area (Å²) >= 11 is 43.4. The summed E-state index contributed by atoms with van der Waals surface area (Å²) < 4.78 is 36.6. The summed E-state index contributed by atoms with van der Waals surface area (Å²) in [5.74, 6) is 2.39. The van der Waals surface area contributed by atoms with Crippen molar-refractivity contribution in [2.45, 2.75) is 25.4 Å². The third-order valence-corrected chi connectivity index (χ3v) is 11.6. The van der Waals surface area contributed by atoms with Crippen LogP contribution in [0.3, 0.4) is 0 Å². The lowest BCUT2D eigenvalue weighted by atomic mass is 9.84. The second-order valence-corrected chi connectivity index (χ2v) is 23.3. The zero-order valence-corrected chi connectivity index (χ0v) is 44.8. The number of aliphatic carboxylic acids is 1. The van der Waals surface area contributed by atoms with Gasteiger partial charge in [0, 0.05) is 41.4 Å². The van der Waals surface area contributed by atoms with Crippen LogP contribution in [-0.4, -0.2) is 90.0 Å². The molecule has 0 spiro atoms. The summed E-state index contributed by atoms with van der Waals surface area (Å²) in [6, 6.07) is 28.4. The molecule has 2 atom stereocenters. The van der Waals surface area contributed by atoms with Gasteiger partial charge in [-0.2, -0.15) is 4.73 Å². The molecule has 25 heteroatoms. The first-order chi connectivity index (χ1) is 33.6. The van der Waals surface area contributed by atoms with E-state index in [9.17, 15) is 24.7 Å². The first-order valence-corrected chi connectivity index (χ1v) is 26.8. The maximum atomic E-state index is 11.4. The molecule has 71 heavy (non-hydrogen) atoms. The number of aromatic nitrogens is 4. The van der Waals surface area contributed by atoms with Gasteiger partial charge < -0.3 is 43.8 Å². The van der Waals surface area contributed by atoms with Gasteiger partial charge in [-0.25, -0.2) is 15.0 Å². The molecule has 1 saturated heterocycles. The minimum Gasteiger partial charge on any atom is -0.618 e. The van der Waals surface area contributed by atoms with Crippen molar-refractivity contribution in [2.75, 3.05) is 35.0 Å². The fraction of sp³-hybridized carbons (Fsp3) is 0.196. The average Bonchev–Trinajstić information content (AvgIpc) is 3.77. The second kappa shape index (κ2) is 26.3. The van der Waals surface area contributed by atoms with E-state index in [0.29, 0.717) is 38.4 Å². The molecule has 2 N–H and O–H groups in total. The first-order valence-electron chi connectivity index (χ1n) is 20.5. The Morgan fingerprint density at radius 3 is 1.63 bits per heavy atom. The highest BCUT2D eigenvalue weighted by molar-refractivity contribution is 8.24. The van der Waals surface area contributed by atoms with E-state index in [1.54, 1.807) is 71.0 Å². The van der Waals surface area contributed by atoms with Crippen LogP contribution in [0.1, 0.15) is 6.42 Å². The highest BCUT2D eigenvalue weighted by Crippen LogP contribution is 2.61. The van der Waals surface area contributed by atoms with Gasteiger partial charge in [-0.05, 0) is 165 Å². The van der Waals surface area contributed by atoms with Crippen LogP contribution in [0.15, 0.2) is 109 Å². The molecule has 4 aromatic heterocycles. The molecule has 9 rings (SSSR count). The summed E-state index contributed by atoms with van der Waals surface area (Å²) in [4.78, 5) is 25.1. The van der Waals surface area contributed by atoms with E-state index in [0.717, 1.165) is 60.3 Å². The summed E-state index contributed by atoms with van der Waals surface area (Å²) in [6.45, 7) is 1.83. The Labute approximate surface area is 447 Å². The van der Waals surface area contributed by atoms with E-state index < -0.39 is 30.4 Å². The number of fused-ring (bicyclic) bond motifs is 4. The molecule has 0 unspecified atom stereocenters. The Balaban J connectivity index is 0.000000177. The maximum Gasteiger partial charge on any atom is 0.377 e. The molecule has 1 aliphatic heterocycles. The molecule has 0 radical (unpaired) electrons. The Bertz CT molecular complexity index is 3190. The fourth-order valence-corrected chi connectivity index (χ4v) is 8.13. The number of carboxylic acid groups (broad SMARTS) is 1. The lowest BCUT2D eigenvalue weighted by molar-refractivity contribution is -0.601. The van der Waals surface area contributed by atoms with Gasteiger partial charge in [0.15, 0.2) is 6.20 Å². The highest BCUT2D eigenvalue weighted by atomic mass is 36.0. The van der Waals surface area contributed by atoms with Gasteiger partial charge in [0.25, 0.3) is 5.15 Å². The molecular formula is C46H41BCl8N5O10P.